The van der Waals surface area contributed by atoms with Gasteiger partial charge in [0.25, 0.3) is 6.01 Å². The molecule has 100 valence electrons. The molecule has 0 radical (unpaired) electrons. The van der Waals surface area contributed by atoms with Crippen molar-refractivity contribution in [2.24, 2.45) is 0 Å². The first-order valence-electron chi connectivity index (χ1n) is 6.30. The highest BCUT2D eigenvalue weighted by Gasteiger charge is 2.51. The third kappa shape index (κ3) is 1.91. The second kappa shape index (κ2) is 3.74. The van der Waals surface area contributed by atoms with Gasteiger partial charge in [-0.15, -0.1) is 0 Å². The third-order valence-electron chi connectivity index (χ3n) is 3.95. The summed E-state index contributed by atoms with van der Waals surface area (Å²) in [6.07, 6.45) is 0. The molecule has 1 aromatic heterocycles. The fourth-order valence-corrected chi connectivity index (χ4v) is 2.09. The number of nitrogens with two attached hydrogens (primary N) is 1. The molecular weight excluding hydrogens is 243 g/mol. The lowest BCUT2D eigenvalue weighted by atomic mass is 9.79. The van der Waals surface area contributed by atoms with Crippen LogP contribution in [0, 0.1) is 0 Å². The Balaban J connectivity index is 1.97. The molecule has 0 spiro atoms. The van der Waals surface area contributed by atoms with Crippen molar-refractivity contribution in [2.75, 3.05) is 5.73 Å². The minimum Gasteiger partial charge on any atom is -0.424 e. The van der Waals surface area contributed by atoms with Crippen LogP contribution in [0.25, 0.3) is 11.1 Å². The SMILES string of the molecule is CC1(C)OB(c2ccc3oc(N)nc3c2)OC1(C)C. The lowest BCUT2D eigenvalue weighted by Crippen LogP contribution is -2.41. The summed E-state index contributed by atoms with van der Waals surface area (Å²) < 4.78 is 17.2. The van der Waals surface area contributed by atoms with Crippen molar-refractivity contribution in [3.63, 3.8) is 0 Å². The first kappa shape index (κ1) is 12.5. The topological polar surface area (TPSA) is 70.5 Å². The highest BCUT2D eigenvalue weighted by Crippen LogP contribution is 2.36. The van der Waals surface area contributed by atoms with Gasteiger partial charge in [0.1, 0.15) is 5.52 Å². The van der Waals surface area contributed by atoms with Gasteiger partial charge in [-0.25, -0.2) is 0 Å². The summed E-state index contributed by atoms with van der Waals surface area (Å²) in [6, 6.07) is 5.80. The van der Waals surface area contributed by atoms with Gasteiger partial charge in [0.15, 0.2) is 5.58 Å². The van der Waals surface area contributed by atoms with Crippen LogP contribution in [0.5, 0.6) is 0 Å². The van der Waals surface area contributed by atoms with Gasteiger partial charge in [0.05, 0.1) is 11.2 Å². The number of anilines is 1. The van der Waals surface area contributed by atoms with Gasteiger partial charge >= 0.3 is 7.12 Å². The number of rotatable bonds is 1. The van der Waals surface area contributed by atoms with Crippen molar-refractivity contribution in [3.05, 3.63) is 18.2 Å². The van der Waals surface area contributed by atoms with E-state index in [1.165, 1.54) is 0 Å². The van der Waals surface area contributed by atoms with Crippen molar-refractivity contribution in [1.82, 2.24) is 4.98 Å². The van der Waals surface area contributed by atoms with Gasteiger partial charge in [0.2, 0.25) is 0 Å². The van der Waals surface area contributed by atoms with Crippen LogP contribution in [-0.4, -0.2) is 23.3 Å². The van der Waals surface area contributed by atoms with E-state index in [-0.39, 0.29) is 17.2 Å². The summed E-state index contributed by atoms with van der Waals surface area (Å²) in [6.45, 7) is 8.11. The van der Waals surface area contributed by atoms with Crippen molar-refractivity contribution >= 4 is 29.7 Å². The van der Waals surface area contributed by atoms with E-state index in [9.17, 15) is 0 Å². The molecule has 6 heteroatoms. The van der Waals surface area contributed by atoms with Crippen molar-refractivity contribution in [3.8, 4) is 0 Å². The lowest BCUT2D eigenvalue weighted by molar-refractivity contribution is 0.00578. The van der Waals surface area contributed by atoms with E-state index in [0.717, 1.165) is 5.46 Å². The Morgan fingerprint density at radius 2 is 1.74 bits per heavy atom. The molecule has 19 heavy (non-hydrogen) atoms. The van der Waals surface area contributed by atoms with Gasteiger partial charge < -0.3 is 19.5 Å². The fraction of sp³-hybridized carbons (Fsp3) is 0.462. The van der Waals surface area contributed by atoms with Crippen LogP contribution < -0.4 is 11.2 Å². The van der Waals surface area contributed by atoms with E-state index in [1.54, 1.807) is 0 Å². The zero-order valence-corrected chi connectivity index (χ0v) is 11.6. The molecule has 5 nitrogen and oxygen atoms in total. The highest BCUT2D eigenvalue weighted by atomic mass is 16.7. The Morgan fingerprint density at radius 1 is 1.11 bits per heavy atom. The number of hydrogen-bond acceptors (Lipinski definition) is 5. The lowest BCUT2D eigenvalue weighted by Gasteiger charge is -2.32. The fourth-order valence-electron chi connectivity index (χ4n) is 2.09. The van der Waals surface area contributed by atoms with E-state index in [2.05, 4.69) is 4.98 Å². The van der Waals surface area contributed by atoms with E-state index >= 15 is 0 Å². The molecule has 1 saturated heterocycles. The maximum absolute atomic E-state index is 5.99. The molecule has 3 rings (SSSR count). The summed E-state index contributed by atoms with van der Waals surface area (Å²) >= 11 is 0. The smallest absolute Gasteiger partial charge is 0.424 e. The molecule has 0 bridgehead atoms. The van der Waals surface area contributed by atoms with E-state index in [4.69, 9.17) is 19.5 Å². The second-order valence-corrected chi connectivity index (χ2v) is 5.87. The number of aromatic nitrogens is 1. The van der Waals surface area contributed by atoms with Crippen molar-refractivity contribution in [2.45, 2.75) is 38.9 Å². The van der Waals surface area contributed by atoms with Gasteiger partial charge in [0, 0.05) is 0 Å². The quantitative estimate of drug-likeness (QED) is 0.790. The van der Waals surface area contributed by atoms with E-state index in [1.807, 2.05) is 45.9 Å². The highest BCUT2D eigenvalue weighted by molar-refractivity contribution is 6.62. The van der Waals surface area contributed by atoms with Crippen molar-refractivity contribution in [1.29, 1.82) is 0 Å². The van der Waals surface area contributed by atoms with Crippen LogP contribution >= 0.6 is 0 Å². The number of nitrogen functional groups attached to an aromatic ring is 1. The van der Waals surface area contributed by atoms with Crippen LogP contribution in [0.1, 0.15) is 27.7 Å². The van der Waals surface area contributed by atoms with Crippen LogP contribution in [0.4, 0.5) is 6.01 Å². The van der Waals surface area contributed by atoms with Gasteiger partial charge in [-0.1, -0.05) is 6.07 Å². The molecule has 1 fully saturated rings. The first-order chi connectivity index (χ1) is 8.78. The molecule has 0 atom stereocenters. The zero-order chi connectivity index (χ0) is 13.8. The molecule has 1 aliphatic heterocycles. The molecule has 2 N–H and O–H groups in total. The minimum atomic E-state index is -0.396. The number of hydrogen-bond donors (Lipinski definition) is 1. The molecular formula is C13H17BN2O3. The van der Waals surface area contributed by atoms with Crippen LogP contribution in [-0.2, 0) is 9.31 Å². The predicted molar refractivity (Wildman–Crippen MR) is 74.1 cm³/mol. The Morgan fingerprint density at radius 3 is 2.37 bits per heavy atom. The Kier molecular flexibility index (Phi) is 2.46. The summed E-state index contributed by atoms with van der Waals surface area (Å²) in [5.74, 6) is 0. The van der Waals surface area contributed by atoms with Gasteiger partial charge in [-0.2, -0.15) is 4.98 Å². The standard InChI is InChI=1S/C13H17BN2O3/c1-12(2)13(3,4)19-14(18-12)8-5-6-10-9(7-8)16-11(15)17-10/h5-7H,1-4H3,(H2,15,16). The molecule has 1 aliphatic rings. The molecule has 0 saturated carbocycles. The second-order valence-electron chi connectivity index (χ2n) is 5.87. The first-order valence-corrected chi connectivity index (χ1v) is 6.30. The number of benzene rings is 1. The monoisotopic (exact) mass is 260 g/mol. The van der Waals surface area contributed by atoms with Crippen LogP contribution in [0.3, 0.4) is 0 Å². The van der Waals surface area contributed by atoms with Gasteiger partial charge in [-0.05, 0) is 45.3 Å². The molecule has 1 aromatic carbocycles. The predicted octanol–water partition coefficient (Wildman–Crippen LogP) is 1.71. The maximum Gasteiger partial charge on any atom is 0.494 e. The third-order valence-corrected chi connectivity index (χ3v) is 3.95. The van der Waals surface area contributed by atoms with E-state index < -0.39 is 7.12 Å². The van der Waals surface area contributed by atoms with Crippen molar-refractivity contribution < 1.29 is 13.7 Å². The largest absolute Gasteiger partial charge is 0.494 e. The molecule has 0 aliphatic carbocycles. The average molecular weight is 260 g/mol. The Labute approximate surface area is 112 Å². The molecule has 2 aromatic rings. The summed E-state index contributed by atoms with van der Waals surface area (Å²) in [7, 11) is -0.396. The summed E-state index contributed by atoms with van der Waals surface area (Å²) in [5.41, 5.74) is 7.13. The summed E-state index contributed by atoms with van der Waals surface area (Å²) in [4.78, 5) is 4.12. The van der Waals surface area contributed by atoms with Gasteiger partial charge in [-0.3, -0.25) is 0 Å². The zero-order valence-electron chi connectivity index (χ0n) is 11.6. The summed E-state index contributed by atoms with van der Waals surface area (Å²) in [5, 5.41) is 0. The minimum absolute atomic E-state index is 0.168. The molecule has 0 amide bonds. The average Bonchev–Trinajstić information content (AvgIpc) is 2.74. The molecule has 0 unspecified atom stereocenters. The Bertz CT molecular complexity index is 620. The molecule has 2 heterocycles. The Hall–Kier alpha value is -1.53. The normalized spacial score (nSPS) is 21.2. The maximum atomic E-state index is 5.99. The number of fused-ring (bicyclic) bond motifs is 1. The van der Waals surface area contributed by atoms with E-state index in [0.29, 0.717) is 11.1 Å². The number of oxazole rings is 1. The van der Waals surface area contributed by atoms with Crippen LogP contribution in [0.2, 0.25) is 0 Å². The van der Waals surface area contributed by atoms with Crippen LogP contribution in [0.15, 0.2) is 22.6 Å². The number of nitrogens with zero attached hydrogens (tertiary/aromatic N) is 1.